The van der Waals surface area contributed by atoms with Crippen molar-refractivity contribution in [1.29, 1.82) is 0 Å². The number of pyridine rings is 1. The number of rotatable bonds is 14. The molecule has 0 unspecified atom stereocenters. The monoisotopic (exact) mass is 1030 g/mol. The fourth-order valence-corrected chi connectivity index (χ4v) is 12.1. The molecule has 398 valence electrons. The topological polar surface area (TPSA) is 248 Å². The highest BCUT2D eigenvalue weighted by Gasteiger charge is 2.58. The average molecular weight is 1030 g/mol. The zero-order valence-corrected chi connectivity index (χ0v) is 44.5. The molecule has 20 heteroatoms. The van der Waals surface area contributed by atoms with E-state index < -0.39 is 118 Å². The average Bonchev–Trinajstić information content (AvgIpc) is 3.31. The normalized spacial score (nSPS) is 40.8. The van der Waals surface area contributed by atoms with E-state index in [2.05, 4.69) is 15.6 Å². The molecule has 0 radical (unpaired) electrons. The molecule has 0 bridgehead atoms. The number of benzene rings is 1. The van der Waals surface area contributed by atoms with Crippen molar-refractivity contribution in [2.45, 2.75) is 196 Å². The molecule has 18 atom stereocenters. The summed E-state index contributed by atoms with van der Waals surface area (Å²) < 4.78 is 67.7. The van der Waals surface area contributed by atoms with Gasteiger partial charge in [0.25, 0.3) is 0 Å². The Morgan fingerprint density at radius 2 is 1.60 bits per heavy atom. The van der Waals surface area contributed by atoms with Gasteiger partial charge in [0.15, 0.2) is 12.6 Å². The predicted molar refractivity (Wildman–Crippen MR) is 262 cm³/mol. The lowest BCUT2D eigenvalue weighted by atomic mass is 9.75. The molecule has 70 heavy (non-hydrogen) atoms. The number of hydrogen-bond acceptors (Lipinski definition) is 17. The van der Waals surface area contributed by atoms with Crippen molar-refractivity contribution < 1.29 is 67.2 Å². The Bertz CT molecular complexity index is 2090. The van der Waals surface area contributed by atoms with E-state index in [1.807, 2.05) is 19.1 Å². The molecule has 3 aliphatic rings. The second-order valence-corrected chi connectivity index (χ2v) is 23.2. The first-order valence-electron chi connectivity index (χ1n) is 24.6. The molecule has 3 aliphatic heterocycles. The van der Waals surface area contributed by atoms with Gasteiger partial charge in [-0.25, -0.2) is 8.42 Å². The second kappa shape index (κ2) is 23.8. The fourth-order valence-electron chi connectivity index (χ4n) is 10.6. The van der Waals surface area contributed by atoms with E-state index in [1.165, 1.54) is 45.3 Å². The highest BCUT2D eigenvalue weighted by molar-refractivity contribution is 7.89. The summed E-state index contributed by atoms with van der Waals surface area (Å²) in [5.41, 5.74) is -5.42. The number of ether oxygens (including phenoxy) is 6. The first-order chi connectivity index (χ1) is 32.6. The summed E-state index contributed by atoms with van der Waals surface area (Å²) in [6, 6.07) is 7.83. The van der Waals surface area contributed by atoms with Crippen LogP contribution in [0.15, 0.2) is 53.7 Å². The van der Waals surface area contributed by atoms with Gasteiger partial charge < -0.3 is 64.6 Å². The van der Waals surface area contributed by atoms with Crippen LogP contribution in [0.4, 0.5) is 0 Å². The zero-order valence-electron chi connectivity index (χ0n) is 42.9. The smallest absolute Gasteiger partial charge is 0.311 e. The van der Waals surface area contributed by atoms with Crippen molar-refractivity contribution in [3.8, 4) is 0 Å². The molecule has 0 amide bonds. The lowest BCUT2D eigenvalue weighted by Crippen LogP contribution is -2.70. The first-order valence-corrected chi connectivity index (χ1v) is 26.4. The number of halogens is 1. The van der Waals surface area contributed by atoms with Crippen molar-refractivity contribution in [2.75, 3.05) is 33.8 Å². The molecule has 18 nitrogen and oxygen atoms in total. The highest BCUT2D eigenvalue weighted by atomic mass is 35.5. The summed E-state index contributed by atoms with van der Waals surface area (Å²) in [4.78, 5) is 18.6. The van der Waals surface area contributed by atoms with Crippen LogP contribution in [0, 0.1) is 17.8 Å². The van der Waals surface area contributed by atoms with Crippen LogP contribution in [-0.4, -0.2) is 173 Å². The maximum absolute atomic E-state index is 14.6. The number of nitrogens with one attached hydrogen (secondary N) is 2. The SMILES string of the molecule is CC[C@H]1OC(=O)[C@H](C)[C@@H](O[C@H]2C[C@@](C)(OC)[C@](O)(CNCCc3ccncc3)[C@H](C)O2)[C@H](C)[C@@H](O[C@@H]2O[C@H](C)C[C@H](N(C)S(=O)(=O)c3ccc(Cl)cc3)[C@H]2O)[C@](C)(O)C[C@@H](C)CN[C@H](C)[C@@H](O)[C@]1(C)O. The standard InChI is InChI=1S/C50H81ClN4O14S/c1-13-39-49(10,60)43(57)33(6)54-27-29(2)25-47(8,59)44(69-46-41(56)38(24-30(3)65-46)55(11)70(62,63)37-16-14-36(51)15-17-37)31(4)42(32(5)45(58)67-39)68-40-26-48(9,64-12)50(61,34(7)66-40)28-53-23-20-35-18-21-52-22-19-35/h14-19,21-22,29-34,38-44,46,53-54,56-57,59-61H,13,20,23-28H2,1-12H3/t29-,30-,31+,32-,33-,34+,38+,39-,40+,41-,42+,43-,44-,46+,47-,48-,49-,50+/m1/s1. The lowest BCUT2D eigenvalue weighted by Gasteiger charge is -2.53. The van der Waals surface area contributed by atoms with Crippen molar-refractivity contribution in [1.82, 2.24) is 19.9 Å². The zero-order chi connectivity index (χ0) is 52.1. The number of cyclic esters (lactones) is 1. The molecule has 1 aromatic carbocycles. The highest BCUT2D eigenvalue weighted by Crippen LogP contribution is 2.43. The van der Waals surface area contributed by atoms with Crippen LogP contribution < -0.4 is 10.6 Å². The molecular weight excluding hydrogens is 948 g/mol. The van der Waals surface area contributed by atoms with E-state index in [4.69, 9.17) is 40.0 Å². The number of carbonyl (C=O) groups is 1. The largest absolute Gasteiger partial charge is 0.459 e. The molecule has 4 heterocycles. The molecule has 7 N–H and O–H groups in total. The van der Waals surface area contributed by atoms with Crippen molar-refractivity contribution in [3.63, 3.8) is 0 Å². The van der Waals surface area contributed by atoms with E-state index in [1.54, 1.807) is 67.8 Å². The van der Waals surface area contributed by atoms with Gasteiger partial charge in [-0.1, -0.05) is 32.4 Å². The summed E-state index contributed by atoms with van der Waals surface area (Å²) in [6.07, 6.45) is -6.30. The quantitative estimate of drug-likeness (QED) is 0.106. The minimum atomic E-state index is -4.16. The minimum absolute atomic E-state index is 0.0135. The van der Waals surface area contributed by atoms with Gasteiger partial charge in [-0.2, -0.15) is 4.31 Å². The summed E-state index contributed by atoms with van der Waals surface area (Å²) in [7, 11) is -1.29. The number of nitrogens with zero attached hydrogens (tertiary/aromatic N) is 2. The van der Waals surface area contributed by atoms with E-state index in [0.717, 1.165) is 9.87 Å². The molecule has 0 spiro atoms. The summed E-state index contributed by atoms with van der Waals surface area (Å²) >= 11 is 6.07. The predicted octanol–water partition coefficient (Wildman–Crippen LogP) is 3.57. The maximum atomic E-state index is 14.6. The van der Waals surface area contributed by atoms with Crippen LogP contribution >= 0.6 is 11.6 Å². The van der Waals surface area contributed by atoms with Gasteiger partial charge in [-0.15, -0.1) is 0 Å². The van der Waals surface area contributed by atoms with Gasteiger partial charge in [-0.05, 0) is 135 Å². The molecule has 2 aromatic rings. The van der Waals surface area contributed by atoms with Crippen molar-refractivity contribution >= 4 is 27.6 Å². The van der Waals surface area contributed by atoms with Gasteiger partial charge in [0.05, 0.1) is 46.9 Å². The Balaban J connectivity index is 1.53. The molecular formula is C50H81ClN4O14S. The van der Waals surface area contributed by atoms with E-state index in [-0.39, 0.29) is 49.6 Å². The first kappa shape index (κ1) is 58.4. The number of aliphatic hydroxyl groups excluding tert-OH is 2. The number of methoxy groups -OCH3 is 1. The van der Waals surface area contributed by atoms with Crippen LogP contribution in [-0.2, 0) is 49.7 Å². The Hall–Kier alpha value is -2.44. The fraction of sp³-hybridized carbons (Fsp3) is 0.760. The lowest BCUT2D eigenvalue weighted by molar-refractivity contribution is -0.336. The third-order valence-corrected chi connectivity index (χ3v) is 17.4. The van der Waals surface area contributed by atoms with Gasteiger partial charge in [0.1, 0.15) is 35.1 Å². The number of aromatic nitrogens is 1. The van der Waals surface area contributed by atoms with Crippen LogP contribution in [0.25, 0.3) is 0 Å². The Kier molecular flexibility index (Phi) is 19.9. The number of likely N-dealkylation sites (N-methyl/N-ethyl adjacent to an activating group) is 1. The van der Waals surface area contributed by atoms with E-state index in [9.17, 15) is 38.7 Å². The number of esters is 1. The van der Waals surface area contributed by atoms with Crippen LogP contribution in [0.5, 0.6) is 0 Å². The van der Waals surface area contributed by atoms with Crippen LogP contribution in [0.3, 0.4) is 0 Å². The van der Waals surface area contributed by atoms with E-state index in [0.29, 0.717) is 18.0 Å². The molecule has 1 aromatic heterocycles. The Morgan fingerprint density at radius 3 is 2.21 bits per heavy atom. The number of hydrogen-bond donors (Lipinski definition) is 7. The molecule has 3 saturated heterocycles. The summed E-state index contributed by atoms with van der Waals surface area (Å²) in [6.45, 7) is 17.8. The van der Waals surface area contributed by atoms with Gasteiger partial charge in [-0.3, -0.25) is 9.78 Å². The Labute approximate surface area is 420 Å². The van der Waals surface area contributed by atoms with Crippen LogP contribution in [0.1, 0.15) is 100 Å². The molecule has 0 saturated carbocycles. The van der Waals surface area contributed by atoms with E-state index >= 15 is 0 Å². The molecule has 3 fully saturated rings. The molecule has 5 rings (SSSR count). The number of sulfonamides is 1. The second-order valence-electron chi connectivity index (χ2n) is 20.8. The third-order valence-electron chi connectivity index (χ3n) is 15.2. The third kappa shape index (κ3) is 13.1. The minimum Gasteiger partial charge on any atom is -0.459 e. The molecule has 0 aliphatic carbocycles. The Morgan fingerprint density at radius 1 is 0.957 bits per heavy atom. The van der Waals surface area contributed by atoms with Gasteiger partial charge in [0.2, 0.25) is 10.0 Å². The summed E-state index contributed by atoms with van der Waals surface area (Å²) in [5, 5.41) is 67.6. The number of aliphatic hydroxyl groups is 5. The van der Waals surface area contributed by atoms with Gasteiger partial charge >= 0.3 is 5.97 Å². The summed E-state index contributed by atoms with van der Waals surface area (Å²) in [5.74, 6) is -3.21. The maximum Gasteiger partial charge on any atom is 0.311 e. The van der Waals surface area contributed by atoms with Crippen LogP contribution in [0.2, 0.25) is 5.02 Å². The number of carbonyl (C=O) groups excluding carboxylic acids is 1. The van der Waals surface area contributed by atoms with Gasteiger partial charge in [0, 0.05) is 56.5 Å². The van der Waals surface area contributed by atoms with Crippen molar-refractivity contribution in [3.05, 3.63) is 59.4 Å². The van der Waals surface area contributed by atoms with Crippen molar-refractivity contribution in [2.24, 2.45) is 17.8 Å².